The molecule has 0 aromatic rings. The fraction of sp³-hybridized carbons (Fsp3) is 0.800. The molecule has 0 bridgehead atoms. The summed E-state index contributed by atoms with van der Waals surface area (Å²) >= 11 is 0. The van der Waals surface area contributed by atoms with E-state index in [1.807, 2.05) is 0 Å². The number of aliphatic hydroxyl groups is 2. The Kier molecular flexibility index (Phi) is 1.63. The molecule has 0 amide bonds. The molecule has 58 valence electrons. The van der Waals surface area contributed by atoms with Gasteiger partial charge in [0.15, 0.2) is 5.79 Å². The predicted molar refractivity (Wildman–Crippen MR) is 31.2 cm³/mol. The van der Waals surface area contributed by atoms with Crippen molar-refractivity contribution in [2.24, 2.45) is 0 Å². The number of aliphatic carboxylic acids is 1. The maximum Gasteiger partial charge on any atom is 0.320 e. The lowest BCUT2D eigenvalue weighted by Crippen LogP contribution is -2.30. The van der Waals surface area contributed by atoms with Crippen LogP contribution in [0, 0.1) is 0 Å². The Balaban J connectivity index is 2.51. The summed E-state index contributed by atoms with van der Waals surface area (Å²) in [5.41, 5.74) is 0. The van der Waals surface area contributed by atoms with Gasteiger partial charge >= 0.3 is 5.97 Å². The van der Waals surface area contributed by atoms with Gasteiger partial charge in [0.05, 0.1) is 6.54 Å². The van der Waals surface area contributed by atoms with E-state index in [0.29, 0.717) is 0 Å². The molecular formula is C5H9NO4. The third-order valence-corrected chi connectivity index (χ3v) is 1.46. The van der Waals surface area contributed by atoms with Gasteiger partial charge in [-0.05, 0) is 0 Å². The second kappa shape index (κ2) is 2.19. The van der Waals surface area contributed by atoms with Gasteiger partial charge in [-0.3, -0.25) is 10.1 Å². The van der Waals surface area contributed by atoms with Gasteiger partial charge in [-0.2, -0.15) is 0 Å². The van der Waals surface area contributed by atoms with Gasteiger partial charge in [-0.25, -0.2) is 0 Å². The van der Waals surface area contributed by atoms with Gasteiger partial charge in [0, 0.05) is 6.42 Å². The van der Waals surface area contributed by atoms with Gasteiger partial charge in [-0.15, -0.1) is 0 Å². The van der Waals surface area contributed by atoms with Gasteiger partial charge in [0.1, 0.15) is 6.04 Å². The molecule has 0 aromatic carbocycles. The minimum Gasteiger partial charge on any atom is -0.480 e. The van der Waals surface area contributed by atoms with E-state index in [1.165, 1.54) is 0 Å². The third kappa shape index (κ3) is 1.44. The predicted octanol–water partition coefficient (Wildman–Crippen LogP) is -1.89. The fourth-order valence-electron chi connectivity index (χ4n) is 0.933. The van der Waals surface area contributed by atoms with Crippen molar-refractivity contribution in [1.29, 1.82) is 0 Å². The van der Waals surface area contributed by atoms with Gasteiger partial charge in [-0.1, -0.05) is 0 Å². The molecule has 0 saturated carbocycles. The molecule has 5 nitrogen and oxygen atoms in total. The standard InChI is InChI=1S/C5H9NO4/c7-4(8)3-1-5(9,10)2-6-3/h3,6,9-10H,1-2H2,(H,7,8)/t3-/m0/s1. The molecule has 0 unspecified atom stereocenters. The first-order valence-electron chi connectivity index (χ1n) is 2.92. The molecule has 0 spiro atoms. The average molecular weight is 147 g/mol. The maximum absolute atomic E-state index is 10.2. The molecule has 0 aromatic heterocycles. The SMILES string of the molecule is O=C(O)[C@@H]1CC(O)(O)CN1. The van der Waals surface area contributed by atoms with Crippen LogP contribution in [0.15, 0.2) is 0 Å². The molecule has 1 rings (SSSR count). The van der Waals surface area contributed by atoms with Crippen molar-refractivity contribution in [2.75, 3.05) is 6.54 Å². The number of nitrogens with one attached hydrogen (secondary N) is 1. The second-order valence-corrected chi connectivity index (χ2v) is 2.46. The van der Waals surface area contributed by atoms with Crippen LogP contribution in [0.25, 0.3) is 0 Å². The van der Waals surface area contributed by atoms with Gasteiger partial charge in [0.25, 0.3) is 0 Å². The van der Waals surface area contributed by atoms with Crippen LogP contribution >= 0.6 is 0 Å². The number of carbonyl (C=O) groups is 1. The van der Waals surface area contributed by atoms with E-state index in [1.54, 1.807) is 0 Å². The summed E-state index contributed by atoms with van der Waals surface area (Å²) < 4.78 is 0. The van der Waals surface area contributed by atoms with Crippen molar-refractivity contribution in [3.63, 3.8) is 0 Å². The summed E-state index contributed by atoms with van der Waals surface area (Å²) in [6.45, 7) is -0.0794. The van der Waals surface area contributed by atoms with Crippen LogP contribution in [-0.2, 0) is 4.79 Å². The van der Waals surface area contributed by atoms with Gasteiger partial charge in [0.2, 0.25) is 0 Å². The first-order valence-corrected chi connectivity index (χ1v) is 2.92. The van der Waals surface area contributed by atoms with E-state index in [4.69, 9.17) is 15.3 Å². The largest absolute Gasteiger partial charge is 0.480 e. The summed E-state index contributed by atoms with van der Waals surface area (Å²) in [6, 6.07) is -0.824. The Morgan fingerprint density at radius 2 is 2.20 bits per heavy atom. The lowest BCUT2D eigenvalue weighted by molar-refractivity contribution is -0.151. The van der Waals surface area contributed by atoms with E-state index in [0.717, 1.165) is 0 Å². The summed E-state index contributed by atoms with van der Waals surface area (Å²) in [6.07, 6.45) is -0.150. The zero-order valence-electron chi connectivity index (χ0n) is 5.24. The molecule has 1 aliphatic rings. The van der Waals surface area contributed by atoms with Crippen molar-refractivity contribution in [3.05, 3.63) is 0 Å². The Labute approximate surface area is 57.3 Å². The second-order valence-electron chi connectivity index (χ2n) is 2.46. The van der Waals surface area contributed by atoms with Crippen LogP contribution in [0.5, 0.6) is 0 Å². The van der Waals surface area contributed by atoms with Crippen LogP contribution < -0.4 is 5.32 Å². The molecule has 4 N–H and O–H groups in total. The molecular weight excluding hydrogens is 138 g/mol. The number of β-amino-alcohol motifs (C(OH)–C–C–N with tert-alkyl or cyclic N) is 2. The molecule has 1 aliphatic heterocycles. The monoisotopic (exact) mass is 147 g/mol. The zero-order chi connectivity index (χ0) is 7.78. The molecule has 1 saturated heterocycles. The summed E-state index contributed by atoms with van der Waals surface area (Å²) in [5.74, 6) is -2.90. The summed E-state index contributed by atoms with van der Waals surface area (Å²) in [7, 11) is 0. The minimum atomic E-state index is -1.84. The van der Waals surface area contributed by atoms with Crippen LogP contribution in [0.1, 0.15) is 6.42 Å². The highest BCUT2D eigenvalue weighted by Crippen LogP contribution is 2.15. The number of carboxylic acids is 1. The van der Waals surface area contributed by atoms with Crippen molar-refractivity contribution < 1.29 is 20.1 Å². The molecule has 0 radical (unpaired) electrons. The molecule has 5 heteroatoms. The van der Waals surface area contributed by atoms with E-state index in [2.05, 4.69) is 5.32 Å². The topological polar surface area (TPSA) is 89.8 Å². The van der Waals surface area contributed by atoms with Crippen LogP contribution in [0.2, 0.25) is 0 Å². The average Bonchev–Trinajstić information content (AvgIpc) is 2.10. The van der Waals surface area contributed by atoms with Crippen molar-refractivity contribution in [1.82, 2.24) is 5.32 Å². The number of carboxylic acid groups (broad SMARTS) is 1. The van der Waals surface area contributed by atoms with Crippen LogP contribution in [-0.4, -0.2) is 39.7 Å². The molecule has 0 aliphatic carbocycles. The Bertz CT molecular complexity index is 156. The van der Waals surface area contributed by atoms with E-state index < -0.39 is 17.8 Å². The zero-order valence-corrected chi connectivity index (χ0v) is 5.24. The Hall–Kier alpha value is -0.650. The fourth-order valence-corrected chi connectivity index (χ4v) is 0.933. The first-order chi connectivity index (χ1) is 4.51. The molecule has 1 heterocycles. The third-order valence-electron chi connectivity index (χ3n) is 1.46. The lowest BCUT2D eigenvalue weighted by atomic mass is 10.2. The normalized spacial score (nSPS) is 30.4. The van der Waals surface area contributed by atoms with E-state index in [9.17, 15) is 4.79 Å². The molecule has 1 atom stereocenters. The van der Waals surface area contributed by atoms with Crippen molar-refractivity contribution in [3.8, 4) is 0 Å². The summed E-state index contributed by atoms with van der Waals surface area (Å²) in [5, 5.41) is 28.5. The highest BCUT2D eigenvalue weighted by atomic mass is 16.5. The molecule has 10 heavy (non-hydrogen) atoms. The maximum atomic E-state index is 10.2. The smallest absolute Gasteiger partial charge is 0.320 e. The molecule has 1 fully saturated rings. The van der Waals surface area contributed by atoms with E-state index >= 15 is 0 Å². The minimum absolute atomic E-state index is 0.0794. The van der Waals surface area contributed by atoms with Gasteiger partial charge < -0.3 is 15.3 Å². The number of hydrogen-bond donors (Lipinski definition) is 4. The van der Waals surface area contributed by atoms with Crippen LogP contribution in [0.3, 0.4) is 0 Å². The summed E-state index contributed by atoms with van der Waals surface area (Å²) in [4.78, 5) is 10.2. The van der Waals surface area contributed by atoms with Crippen molar-refractivity contribution >= 4 is 5.97 Å². The Morgan fingerprint density at radius 3 is 2.40 bits per heavy atom. The first kappa shape index (κ1) is 7.46. The number of hydrogen-bond acceptors (Lipinski definition) is 4. The van der Waals surface area contributed by atoms with Crippen molar-refractivity contribution in [2.45, 2.75) is 18.2 Å². The number of rotatable bonds is 1. The Morgan fingerprint density at radius 1 is 1.60 bits per heavy atom. The highest BCUT2D eigenvalue weighted by molar-refractivity contribution is 5.74. The van der Waals surface area contributed by atoms with Crippen LogP contribution in [0.4, 0.5) is 0 Å². The highest BCUT2D eigenvalue weighted by Gasteiger charge is 2.38. The lowest BCUT2D eigenvalue weighted by Gasteiger charge is -2.10. The van der Waals surface area contributed by atoms with E-state index in [-0.39, 0.29) is 13.0 Å². The quantitative estimate of drug-likeness (QED) is 0.326.